The molecule has 0 saturated heterocycles. The van der Waals surface area contributed by atoms with Gasteiger partial charge in [-0.3, -0.25) is 0 Å². The quantitative estimate of drug-likeness (QED) is 0.852. The summed E-state index contributed by atoms with van der Waals surface area (Å²) >= 11 is 1.87. The van der Waals surface area contributed by atoms with Gasteiger partial charge in [0, 0.05) is 23.9 Å². The van der Waals surface area contributed by atoms with Crippen molar-refractivity contribution in [1.82, 2.24) is 5.32 Å². The zero-order valence-corrected chi connectivity index (χ0v) is 11.0. The van der Waals surface area contributed by atoms with E-state index in [1.165, 1.54) is 23.3 Å². The monoisotopic (exact) mass is 239 g/mol. The maximum atomic E-state index is 5.84. The molecule has 0 aliphatic carbocycles. The van der Waals surface area contributed by atoms with E-state index < -0.39 is 0 Å². The van der Waals surface area contributed by atoms with Crippen molar-refractivity contribution < 1.29 is 4.74 Å². The van der Waals surface area contributed by atoms with Gasteiger partial charge in [-0.1, -0.05) is 13.3 Å². The first-order valence-electron chi connectivity index (χ1n) is 6.22. The maximum Gasteiger partial charge on any atom is 0.0960 e. The first-order valence-corrected chi connectivity index (χ1v) is 7.10. The lowest BCUT2D eigenvalue weighted by Gasteiger charge is -2.25. The summed E-state index contributed by atoms with van der Waals surface area (Å²) < 4.78 is 5.84. The first-order chi connectivity index (χ1) is 7.81. The molecule has 0 radical (unpaired) electrons. The summed E-state index contributed by atoms with van der Waals surface area (Å²) in [6, 6.07) is 2.81. The normalized spacial score (nSPS) is 21.8. The highest BCUT2D eigenvalue weighted by molar-refractivity contribution is 7.10. The predicted octanol–water partition coefficient (Wildman–Crippen LogP) is 3.14. The van der Waals surface area contributed by atoms with Crippen LogP contribution in [0.1, 0.15) is 43.2 Å². The Morgan fingerprint density at radius 3 is 3.31 bits per heavy atom. The highest BCUT2D eigenvalue weighted by atomic mass is 32.1. The topological polar surface area (TPSA) is 21.3 Å². The zero-order chi connectivity index (χ0) is 11.4. The Balaban J connectivity index is 1.88. The highest BCUT2D eigenvalue weighted by Crippen LogP contribution is 2.30. The van der Waals surface area contributed by atoms with Crippen molar-refractivity contribution in [1.29, 1.82) is 0 Å². The lowest BCUT2D eigenvalue weighted by atomic mass is 10.1. The minimum absolute atomic E-state index is 0.273. The Morgan fingerprint density at radius 2 is 2.50 bits per heavy atom. The van der Waals surface area contributed by atoms with Gasteiger partial charge >= 0.3 is 0 Å². The van der Waals surface area contributed by atoms with Crippen molar-refractivity contribution in [3.05, 3.63) is 21.9 Å². The van der Waals surface area contributed by atoms with E-state index in [0.717, 1.165) is 19.6 Å². The number of ether oxygens (including phenoxy) is 1. The summed E-state index contributed by atoms with van der Waals surface area (Å²) in [4.78, 5) is 1.51. The fourth-order valence-corrected chi connectivity index (χ4v) is 3.15. The second kappa shape index (κ2) is 5.80. The number of hydrogen-bond acceptors (Lipinski definition) is 3. The van der Waals surface area contributed by atoms with Crippen LogP contribution in [0, 0.1) is 0 Å². The molecule has 2 unspecified atom stereocenters. The molecule has 1 aromatic rings. The lowest BCUT2D eigenvalue weighted by molar-refractivity contribution is 0.0420. The van der Waals surface area contributed by atoms with E-state index >= 15 is 0 Å². The molecule has 1 aliphatic heterocycles. The molecule has 2 heterocycles. The van der Waals surface area contributed by atoms with E-state index in [1.54, 1.807) is 0 Å². The Kier molecular flexibility index (Phi) is 4.38. The number of thiophene rings is 1. The van der Waals surface area contributed by atoms with Gasteiger partial charge in [0.1, 0.15) is 0 Å². The molecule has 1 N–H and O–H groups in total. The van der Waals surface area contributed by atoms with Gasteiger partial charge in [-0.15, -0.1) is 11.3 Å². The number of fused-ring (bicyclic) bond motifs is 1. The van der Waals surface area contributed by atoms with Crippen molar-refractivity contribution in [3.63, 3.8) is 0 Å². The molecule has 16 heavy (non-hydrogen) atoms. The molecule has 2 atom stereocenters. The Labute approximate surface area is 102 Å². The van der Waals surface area contributed by atoms with Gasteiger partial charge in [-0.2, -0.15) is 0 Å². The van der Waals surface area contributed by atoms with Crippen molar-refractivity contribution in [2.75, 3.05) is 13.2 Å². The van der Waals surface area contributed by atoms with Crippen LogP contribution in [0.15, 0.2) is 11.4 Å². The van der Waals surface area contributed by atoms with Gasteiger partial charge < -0.3 is 10.1 Å². The fourth-order valence-electron chi connectivity index (χ4n) is 2.24. The van der Waals surface area contributed by atoms with Gasteiger partial charge in [0.2, 0.25) is 0 Å². The van der Waals surface area contributed by atoms with Crippen LogP contribution in [-0.2, 0) is 11.2 Å². The largest absolute Gasteiger partial charge is 0.372 e. The second-order valence-corrected chi connectivity index (χ2v) is 5.51. The molecule has 1 aliphatic rings. The van der Waals surface area contributed by atoms with Crippen molar-refractivity contribution >= 4 is 11.3 Å². The average Bonchev–Trinajstić information content (AvgIpc) is 2.75. The predicted molar refractivity (Wildman–Crippen MR) is 69.1 cm³/mol. The molecule has 2 rings (SSSR count). The van der Waals surface area contributed by atoms with E-state index in [9.17, 15) is 0 Å². The van der Waals surface area contributed by atoms with Gasteiger partial charge in [0.05, 0.1) is 12.7 Å². The summed E-state index contributed by atoms with van der Waals surface area (Å²) in [5.41, 5.74) is 1.41. The maximum absolute atomic E-state index is 5.84. The summed E-state index contributed by atoms with van der Waals surface area (Å²) in [5.74, 6) is 0. The summed E-state index contributed by atoms with van der Waals surface area (Å²) in [6.07, 6.45) is 3.84. The molecular formula is C13H21NOS. The van der Waals surface area contributed by atoms with Crippen molar-refractivity contribution in [3.8, 4) is 0 Å². The number of rotatable bonds is 5. The minimum atomic E-state index is 0.273. The van der Waals surface area contributed by atoms with Crippen LogP contribution in [0.25, 0.3) is 0 Å². The molecule has 0 saturated carbocycles. The van der Waals surface area contributed by atoms with Gasteiger partial charge in [-0.25, -0.2) is 0 Å². The molecule has 0 bridgehead atoms. The van der Waals surface area contributed by atoms with Crippen LogP contribution >= 0.6 is 11.3 Å². The van der Waals surface area contributed by atoms with Crippen LogP contribution in [0.2, 0.25) is 0 Å². The highest BCUT2D eigenvalue weighted by Gasteiger charge is 2.21. The number of hydrogen-bond donors (Lipinski definition) is 1. The third kappa shape index (κ3) is 2.84. The van der Waals surface area contributed by atoms with E-state index in [4.69, 9.17) is 4.74 Å². The van der Waals surface area contributed by atoms with Crippen LogP contribution in [0.4, 0.5) is 0 Å². The molecule has 0 fully saturated rings. The third-order valence-electron chi connectivity index (χ3n) is 3.15. The van der Waals surface area contributed by atoms with Crippen molar-refractivity contribution in [2.45, 2.75) is 45.3 Å². The molecule has 0 spiro atoms. The first kappa shape index (κ1) is 12.1. The van der Waals surface area contributed by atoms with Crippen LogP contribution in [-0.4, -0.2) is 19.2 Å². The van der Waals surface area contributed by atoms with E-state index in [2.05, 4.69) is 30.6 Å². The lowest BCUT2D eigenvalue weighted by Crippen LogP contribution is -2.32. The smallest absolute Gasteiger partial charge is 0.0960 e. The fraction of sp³-hybridized carbons (Fsp3) is 0.692. The zero-order valence-electron chi connectivity index (χ0n) is 10.2. The van der Waals surface area contributed by atoms with E-state index in [-0.39, 0.29) is 6.10 Å². The Hall–Kier alpha value is -0.380. The molecule has 2 nitrogen and oxygen atoms in total. The van der Waals surface area contributed by atoms with Crippen LogP contribution in [0.5, 0.6) is 0 Å². The average molecular weight is 239 g/mol. The van der Waals surface area contributed by atoms with Crippen LogP contribution in [0.3, 0.4) is 0 Å². The molecule has 1 aromatic heterocycles. The second-order valence-electron chi connectivity index (χ2n) is 4.51. The number of nitrogens with one attached hydrogen (secondary N) is 1. The molecule has 0 aromatic carbocycles. The molecule has 3 heteroatoms. The van der Waals surface area contributed by atoms with Gasteiger partial charge in [-0.05, 0) is 30.4 Å². The van der Waals surface area contributed by atoms with E-state index in [0.29, 0.717) is 6.04 Å². The standard InChI is InChI=1S/C13H21NOS/c1-3-4-10(2)14-9-12-11-6-8-16-13(11)5-7-15-12/h6,8,10,12,14H,3-5,7,9H2,1-2H3. The Morgan fingerprint density at radius 1 is 1.62 bits per heavy atom. The Bertz CT molecular complexity index is 323. The molecule has 0 amide bonds. The summed E-state index contributed by atoms with van der Waals surface area (Å²) in [5, 5.41) is 5.75. The van der Waals surface area contributed by atoms with Gasteiger partial charge in [0.15, 0.2) is 0 Å². The van der Waals surface area contributed by atoms with Crippen molar-refractivity contribution in [2.24, 2.45) is 0 Å². The van der Waals surface area contributed by atoms with E-state index in [1.807, 2.05) is 11.3 Å². The van der Waals surface area contributed by atoms with Crippen LogP contribution < -0.4 is 5.32 Å². The third-order valence-corrected chi connectivity index (χ3v) is 4.14. The summed E-state index contributed by atoms with van der Waals surface area (Å²) in [7, 11) is 0. The molecular weight excluding hydrogens is 218 g/mol. The summed E-state index contributed by atoms with van der Waals surface area (Å²) in [6.45, 7) is 6.31. The SMILES string of the molecule is CCCC(C)NCC1OCCc2sccc21. The minimum Gasteiger partial charge on any atom is -0.372 e. The molecule has 90 valence electrons. The van der Waals surface area contributed by atoms with Gasteiger partial charge in [0.25, 0.3) is 0 Å².